The van der Waals surface area contributed by atoms with E-state index in [9.17, 15) is 0 Å². The van der Waals surface area contributed by atoms with E-state index in [0.29, 0.717) is 17.8 Å². The molecule has 3 nitrogen and oxygen atoms in total. The maximum Gasteiger partial charge on any atom is 0.222 e. The van der Waals surface area contributed by atoms with Gasteiger partial charge in [0.25, 0.3) is 0 Å². The minimum atomic E-state index is 0.221. The molecule has 0 saturated carbocycles. The van der Waals surface area contributed by atoms with Gasteiger partial charge in [-0.15, -0.1) is 0 Å². The number of hydrogen-bond donors (Lipinski definition) is 0. The summed E-state index contributed by atoms with van der Waals surface area (Å²) in [6.07, 6.45) is 2.23. The van der Waals surface area contributed by atoms with Crippen molar-refractivity contribution in [1.82, 2.24) is 0 Å². The molecule has 1 aromatic carbocycles. The second-order valence-electron chi connectivity index (χ2n) is 8.61. The summed E-state index contributed by atoms with van der Waals surface area (Å²) in [5, 5.41) is 1.13. The van der Waals surface area contributed by atoms with Crippen LogP contribution in [0.15, 0.2) is 39.9 Å². The minimum Gasteiger partial charge on any atom is -0.437 e. The van der Waals surface area contributed by atoms with Gasteiger partial charge in [0.05, 0.1) is 5.56 Å². The number of benzene rings is 1. The van der Waals surface area contributed by atoms with Crippen molar-refractivity contribution in [1.29, 1.82) is 0 Å². The number of aliphatic imine (C=N–C) groups is 1. The number of pyridine rings is 1. The molecule has 3 aromatic rings. The van der Waals surface area contributed by atoms with Gasteiger partial charge in [0, 0.05) is 35.6 Å². The standard InChI is InChI=1S/C23H27N2O/c1-13-17-8-9-18-15(3)25-11-10-16(14(2)23(4,5)6)12-19(25)20(18)21(17)26-22(13)24-7/h8-12,14-15H,7H2,1-6H3/q+1. The lowest BCUT2D eigenvalue weighted by Gasteiger charge is -2.27. The van der Waals surface area contributed by atoms with Gasteiger partial charge in [-0.2, -0.15) is 4.57 Å². The maximum absolute atomic E-state index is 6.12. The predicted molar refractivity (Wildman–Crippen MR) is 107 cm³/mol. The smallest absolute Gasteiger partial charge is 0.222 e. The Balaban J connectivity index is 2.00. The Morgan fingerprint density at radius 2 is 1.96 bits per heavy atom. The average molecular weight is 347 g/mol. The molecule has 0 aliphatic carbocycles. The zero-order valence-electron chi connectivity index (χ0n) is 16.6. The van der Waals surface area contributed by atoms with Crippen LogP contribution in [0.2, 0.25) is 0 Å². The molecule has 0 bridgehead atoms. The third-order valence-electron chi connectivity index (χ3n) is 6.19. The van der Waals surface area contributed by atoms with Crippen LogP contribution >= 0.6 is 0 Å². The summed E-state index contributed by atoms with van der Waals surface area (Å²) in [5.41, 5.74) is 7.32. The monoisotopic (exact) mass is 347 g/mol. The van der Waals surface area contributed by atoms with Gasteiger partial charge in [-0.3, -0.25) is 0 Å². The minimum absolute atomic E-state index is 0.221. The van der Waals surface area contributed by atoms with Crippen molar-refractivity contribution in [2.45, 2.75) is 53.5 Å². The Morgan fingerprint density at radius 1 is 1.23 bits per heavy atom. The lowest BCUT2D eigenvalue weighted by molar-refractivity contribution is -0.694. The first-order valence-corrected chi connectivity index (χ1v) is 9.32. The third kappa shape index (κ3) is 2.26. The highest BCUT2D eigenvalue weighted by Gasteiger charge is 2.37. The molecule has 2 unspecified atom stereocenters. The van der Waals surface area contributed by atoms with Crippen LogP contribution in [0, 0.1) is 12.3 Å². The zero-order chi connectivity index (χ0) is 18.8. The topological polar surface area (TPSA) is 29.4 Å². The Morgan fingerprint density at radius 3 is 2.62 bits per heavy atom. The van der Waals surface area contributed by atoms with Gasteiger partial charge in [0.1, 0.15) is 0 Å². The second kappa shape index (κ2) is 5.54. The summed E-state index contributed by atoms with van der Waals surface area (Å²) in [6.45, 7) is 17.1. The first kappa shape index (κ1) is 17.0. The highest BCUT2D eigenvalue weighted by molar-refractivity contribution is 5.97. The Kier molecular flexibility index (Phi) is 3.62. The van der Waals surface area contributed by atoms with E-state index in [2.05, 4.69) is 81.4 Å². The van der Waals surface area contributed by atoms with Crippen molar-refractivity contribution < 1.29 is 8.98 Å². The number of furan rings is 1. The highest BCUT2D eigenvalue weighted by atomic mass is 16.3. The van der Waals surface area contributed by atoms with Crippen molar-refractivity contribution >= 4 is 23.6 Å². The van der Waals surface area contributed by atoms with E-state index in [1.165, 1.54) is 22.4 Å². The summed E-state index contributed by atoms with van der Waals surface area (Å²) in [4.78, 5) is 4.06. The van der Waals surface area contributed by atoms with E-state index >= 15 is 0 Å². The van der Waals surface area contributed by atoms with Crippen LogP contribution in [0.5, 0.6) is 0 Å². The van der Waals surface area contributed by atoms with Crippen LogP contribution in [0.4, 0.5) is 5.88 Å². The molecular weight excluding hydrogens is 320 g/mol. The first-order valence-electron chi connectivity index (χ1n) is 9.32. The van der Waals surface area contributed by atoms with Gasteiger partial charge in [-0.1, -0.05) is 39.8 Å². The first-order chi connectivity index (χ1) is 12.2. The van der Waals surface area contributed by atoms with Crippen molar-refractivity contribution in [3.05, 3.63) is 47.2 Å². The number of fused-ring (bicyclic) bond motifs is 5. The van der Waals surface area contributed by atoms with E-state index in [-0.39, 0.29) is 5.41 Å². The third-order valence-corrected chi connectivity index (χ3v) is 6.19. The van der Waals surface area contributed by atoms with Crippen molar-refractivity contribution in [3.8, 4) is 11.3 Å². The number of rotatable bonds is 2. The molecule has 0 radical (unpaired) electrons. The van der Waals surface area contributed by atoms with Crippen LogP contribution in [-0.4, -0.2) is 6.72 Å². The van der Waals surface area contributed by atoms with Gasteiger partial charge in [-0.25, -0.2) is 4.99 Å². The van der Waals surface area contributed by atoms with Crippen LogP contribution in [-0.2, 0) is 0 Å². The number of aryl methyl sites for hydroxylation is 1. The fourth-order valence-electron chi connectivity index (χ4n) is 4.04. The van der Waals surface area contributed by atoms with Crippen molar-refractivity contribution in [3.63, 3.8) is 0 Å². The van der Waals surface area contributed by atoms with Gasteiger partial charge >= 0.3 is 0 Å². The molecule has 2 aromatic heterocycles. The summed E-state index contributed by atoms with van der Waals surface area (Å²) in [6, 6.07) is 9.30. The maximum atomic E-state index is 6.12. The van der Waals surface area contributed by atoms with E-state index < -0.39 is 0 Å². The molecule has 3 heteroatoms. The lowest BCUT2D eigenvalue weighted by Crippen LogP contribution is -2.36. The van der Waals surface area contributed by atoms with Gasteiger partial charge in [0.2, 0.25) is 11.6 Å². The summed E-state index contributed by atoms with van der Waals surface area (Å²) in [7, 11) is 0. The summed E-state index contributed by atoms with van der Waals surface area (Å²) in [5.74, 6) is 1.09. The Hall–Kier alpha value is -2.42. The average Bonchev–Trinajstić information content (AvgIpc) is 3.08. The SMILES string of the molecule is C=Nc1oc2c3c(ccc2c1C)C(C)[n+]1ccc(C(C)C(C)(C)C)cc1-3. The van der Waals surface area contributed by atoms with E-state index in [4.69, 9.17) is 4.42 Å². The molecule has 4 rings (SSSR count). The lowest BCUT2D eigenvalue weighted by atomic mass is 9.78. The molecule has 3 heterocycles. The number of nitrogens with zero attached hydrogens (tertiary/aromatic N) is 2. The molecule has 0 saturated heterocycles. The highest BCUT2D eigenvalue weighted by Crippen LogP contribution is 2.44. The fourth-order valence-corrected chi connectivity index (χ4v) is 4.04. The van der Waals surface area contributed by atoms with Crippen LogP contribution in [0.25, 0.3) is 22.2 Å². The molecule has 1 aliphatic heterocycles. The summed E-state index contributed by atoms with van der Waals surface area (Å²) < 4.78 is 8.47. The summed E-state index contributed by atoms with van der Waals surface area (Å²) >= 11 is 0. The normalized spacial score (nSPS) is 17.2. The molecule has 0 fully saturated rings. The molecule has 1 aliphatic rings. The molecule has 0 spiro atoms. The molecular formula is C23H27N2O+. The largest absolute Gasteiger partial charge is 0.437 e. The van der Waals surface area contributed by atoms with Crippen LogP contribution in [0.3, 0.4) is 0 Å². The Bertz CT molecular complexity index is 1040. The van der Waals surface area contributed by atoms with E-state index in [1.807, 2.05) is 6.92 Å². The number of hydrogen-bond acceptors (Lipinski definition) is 2. The second-order valence-corrected chi connectivity index (χ2v) is 8.61. The molecule has 0 amide bonds. The van der Waals surface area contributed by atoms with Gasteiger partial charge < -0.3 is 4.42 Å². The number of aromatic nitrogens is 1. The van der Waals surface area contributed by atoms with Crippen molar-refractivity contribution in [2.24, 2.45) is 10.4 Å². The molecule has 26 heavy (non-hydrogen) atoms. The molecule has 134 valence electrons. The Labute approximate surface area is 155 Å². The molecule has 2 atom stereocenters. The predicted octanol–water partition coefficient (Wildman–Crippen LogP) is 6.10. The van der Waals surface area contributed by atoms with E-state index in [0.717, 1.165) is 16.5 Å². The molecule has 0 N–H and O–H groups in total. The quantitative estimate of drug-likeness (QED) is 0.407. The van der Waals surface area contributed by atoms with Crippen molar-refractivity contribution in [2.75, 3.05) is 0 Å². The van der Waals surface area contributed by atoms with Gasteiger partial charge in [-0.05, 0) is 30.5 Å². The van der Waals surface area contributed by atoms with Gasteiger partial charge in [0.15, 0.2) is 17.8 Å². The van der Waals surface area contributed by atoms with Crippen LogP contribution in [0.1, 0.15) is 63.3 Å². The van der Waals surface area contributed by atoms with E-state index in [1.54, 1.807) is 0 Å². The zero-order valence-corrected chi connectivity index (χ0v) is 16.6. The van der Waals surface area contributed by atoms with Crippen LogP contribution < -0.4 is 4.57 Å². The fraction of sp³-hybridized carbons (Fsp3) is 0.391.